The summed E-state index contributed by atoms with van der Waals surface area (Å²) in [5, 5.41) is 7.55. The molecule has 2 heteroatoms. The Morgan fingerprint density at radius 2 is 0.933 bits per heavy atom. The molecule has 9 rings (SSSR count). The van der Waals surface area contributed by atoms with E-state index in [4.69, 9.17) is 4.98 Å². The average Bonchev–Trinajstić information content (AvgIpc) is 3.56. The third-order valence-corrected chi connectivity index (χ3v) is 9.00. The number of rotatable bonds is 4. The van der Waals surface area contributed by atoms with Gasteiger partial charge in [0.25, 0.3) is 0 Å². The van der Waals surface area contributed by atoms with Gasteiger partial charge in [-0.2, -0.15) is 0 Å². The van der Waals surface area contributed by atoms with Crippen molar-refractivity contribution in [2.75, 3.05) is 0 Å². The number of pyridine rings is 1. The van der Waals surface area contributed by atoms with Crippen molar-refractivity contribution >= 4 is 38.0 Å². The summed E-state index contributed by atoms with van der Waals surface area (Å²) in [6.45, 7) is 0. The predicted octanol–water partition coefficient (Wildman–Crippen LogP) is 11.5. The van der Waals surface area contributed by atoms with E-state index < -0.39 is 0 Å². The molecular formula is C43H28N2. The average molecular weight is 573 g/mol. The molecule has 9 aromatic rings. The molecule has 0 saturated heterocycles. The highest BCUT2D eigenvalue weighted by Gasteiger charge is 2.17. The van der Waals surface area contributed by atoms with Crippen LogP contribution in [-0.4, -0.2) is 9.38 Å². The first-order valence-corrected chi connectivity index (χ1v) is 15.4. The number of fused-ring (bicyclic) bond motifs is 4. The molecule has 0 unspecified atom stereocenters. The summed E-state index contributed by atoms with van der Waals surface area (Å²) >= 11 is 0. The highest BCUT2D eigenvalue weighted by atomic mass is 15.0. The summed E-state index contributed by atoms with van der Waals surface area (Å²) in [7, 11) is 0. The third kappa shape index (κ3) is 4.22. The van der Waals surface area contributed by atoms with E-state index in [1.807, 2.05) is 6.07 Å². The number of imidazole rings is 1. The van der Waals surface area contributed by atoms with Crippen LogP contribution < -0.4 is 0 Å². The van der Waals surface area contributed by atoms with Crippen molar-refractivity contribution in [1.29, 1.82) is 0 Å². The van der Waals surface area contributed by atoms with Crippen LogP contribution in [0.1, 0.15) is 0 Å². The first-order valence-electron chi connectivity index (χ1n) is 15.4. The lowest BCUT2D eigenvalue weighted by atomic mass is 9.85. The fourth-order valence-electron chi connectivity index (χ4n) is 6.90. The topological polar surface area (TPSA) is 17.3 Å². The van der Waals surface area contributed by atoms with Gasteiger partial charge in [-0.1, -0.05) is 146 Å². The lowest BCUT2D eigenvalue weighted by Gasteiger charge is -2.18. The van der Waals surface area contributed by atoms with Crippen LogP contribution in [0.4, 0.5) is 0 Å². The Balaban J connectivity index is 1.20. The molecular weight excluding hydrogens is 544 g/mol. The van der Waals surface area contributed by atoms with E-state index in [2.05, 4.69) is 168 Å². The smallest absolute Gasteiger partial charge is 0.137 e. The van der Waals surface area contributed by atoms with Gasteiger partial charge in [0.15, 0.2) is 0 Å². The molecule has 0 bridgehead atoms. The van der Waals surface area contributed by atoms with E-state index in [-0.39, 0.29) is 0 Å². The highest BCUT2D eigenvalue weighted by Crippen LogP contribution is 2.44. The zero-order valence-electron chi connectivity index (χ0n) is 24.6. The number of aromatic nitrogens is 2. The lowest BCUT2D eigenvalue weighted by Crippen LogP contribution is -1.91. The van der Waals surface area contributed by atoms with Crippen LogP contribution in [-0.2, 0) is 0 Å². The van der Waals surface area contributed by atoms with Gasteiger partial charge < -0.3 is 0 Å². The minimum absolute atomic E-state index is 0.941. The maximum absolute atomic E-state index is 5.00. The summed E-state index contributed by atoms with van der Waals surface area (Å²) < 4.78 is 2.19. The van der Waals surface area contributed by atoms with E-state index in [1.165, 1.54) is 60.1 Å². The Bertz CT molecular complexity index is 2470. The van der Waals surface area contributed by atoms with Crippen molar-refractivity contribution in [2.24, 2.45) is 0 Å². The van der Waals surface area contributed by atoms with Gasteiger partial charge in [0.2, 0.25) is 0 Å². The molecule has 0 aliphatic rings. The van der Waals surface area contributed by atoms with Crippen molar-refractivity contribution in [2.45, 2.75) is 0 Å². The number of hydrogen-bond acceptors (Lipinski definition) is 1. The van der Waals surface area contributed by atoms with Crippen LogP contribution in [0.15, 0.2) is 170 Å². The molecule has 0 N–H and O–H groups in total. The minimum atomic E-state index is 0.941. The molecule has 0 amide bonds. The van der Waals surface area contributed by atoms with Gasteiger partial charge in [-0.15, -0.1) is 0 Å². The quantitative estimate of drug-likeness (QED) is 0.192. The molecule has 210 valence electrons. The Kier molecular flexibility index (Phi) is 5.85. The standard InChI is InChI=1S/C43H28N2/c1-2-12-31(13-3-1)40-19-10-20-41-44-39(28-45(40)41)30-22-24-32(25-23-30)42-35-15-6-8-17-37(35)43(38-18-9-7-16-36(38)42)34-26-21-29-11-4-5-14-33(29)27-34/h1-28H. The third-order valence-electron chi connectivity index (χ3n) is 9.00. The van der Waals surface area contributed by atoms with Crippen LogP contribution in [0.25, 0.3) is 82.7 Å². The second-order valence-electron chi connectivity index (χ2n) is 11.6. The van der Waals surface area contributed by atoms with Crippen LogP contribution in [0.2, 0.25) is 0 Å². The molecule has 0 radical (unpaired) electrons. The van der Waals surface area contributed by atoms with Gasteiger partial charge in [0.1, 0.15) is 5.65 Å². The SMILES string of the molecule is c1ccc(-c2cccc3nc(-c4ccc(-c5c6ccccc6c(-c6ccc7ccccc7c6)c6ccccc56)cc4)cn23)cc1. The first kappa shape index (κ1) is 25.5. The van der Waals surface area contributed by atoms with Crippen molar-refractivity contribution in [3.05, 3.63) is 170 Å². The number of nitrogens with zero attached hydrogens (tertiary/aromatic N) is 2. The van der Waals surface area contributed by atoms with Gasteiger partial charge in [-0.05, 0) is 78.3 Å². The molecule has 2 nitrogen and oxygen atoms in total. The second-order valence-corrected chi connectivity index (χ2v) is 11.6. The summed E-state index contributed by atoms with van der Waals surface area (Å²) in [6, 6.07) is 58.8. The Labute approximate surface area is 261 Å². The normalized spacial score (nSPS) is 11.6. The molecule has 2 aromatic heterocycles. The zero-order valence-corrected chi connectivity index (χ0v) is 24.6. The fourth-order valence-corrected chi connectivity index (χ4v) is 6.90. The molecule has 0 atom stereocenters. The second kappa shape index (κ2) is 10.3. The first-order chi connectivity index (χ1) is 22.3. The zero-order chi connectivity index (χ0) is 29.7. The monoisotopic (exact) mass is 572 g/mol. The minimum Gasteiger partial charge on any atom is -0.299 e. The molecule has 45 heavy (non-hydrogen) atoms. The molecule has 0 saturated carbocycles. The molecule has 0 spiro atoms. The van der Waals surface area contributed by atoms with Gasteiger partial charge in [0, 0.05) is 11.8 Å². The predicted molar refractivity (Wildman–Crippen MR) is 189 cm³/mol. The fraction of sp³-hybridized carbons (Fsp3) is 0. The van der Waals surface area contributed by atoms with E-state index in [1.54, 1.807) is 0 Å². The molecule has 7 aromatic carbocycles. The maximum Gasteiger partial charge on any atom is 0.137 e. The number of benzene rings is 7. The van der Waals surface area contributed by atoms with E-state index in [9.17, 15) is 0 Å². The van der Waals surface area contributed by atoms with Crippen molar-refractivity contribution in [3.8, 4) is 44.8 Å². The maximum atomic E-state index is 5.00. The van der Waals surface area contributed by atoms with E-state index >= 15 is 0 Å². The van der Waals surface area contributed by atoms with Crippen LogP contribution >= 0.6 is 0 Å². The Hall–Kier alpha value is -5.99. The van der Waals surface area contributed by atoms with Crippen LogP contribution in [0.3, 0.4) is 0 Å². The summed E-state index contributed by atoms with van der Waals surface area (Å²) in [5.41, 5.74) is 10.3. The number of hydrogen-bond donors (Lipinski definition) is 0. The van der Waals surface area contributed by atoms with E-state index in [0.29, 0.717) is 0 Å². The molecule has 0 aliphatic heterocycles. The van der Waals surface area contributed by atoms with E-state index in [0.717, 1.165) is 22.6 Å². The Morgan fingerprint density at radius 3 is 1.62 bits per heavy atom. The summed E-state index contributed by atoms with van der Waals surface area (Å²) in [4.78, 5) is 5.00. The van der Waals surface area contributed by atoms with Crippen LogP contribution in [0.5, 0.6) is 0 Å². The van der Waals surface area contributed by atoms with Gasteiger partial charge in [0.05, 0.1) is 11.4 Å². The van der Waals surface area contributed by atoms with Gasteiger partial charge >= 0.3 is 0 Å². The largest absolute Gasteiger partial charge is 0.299 e. The molecule has 2 heterocycles. The van der Waals surface area contributed by atoms with Crippen molar-refractivity contribution < 1.29 is 0 Å². The Morgan fingerprint density at radius 1 is 0.378 bits per heavy atom. The molecule has 0 aliphatic carbocycles. The van der Waals surface area contributed by atoms with Crippen molar-refractivity contribution in [3.63, 3.8) is 0 Å². The van der Waals surface area contributed by atoms with Crippen LogP contribution in [0, 0.1) is 0 Å². The van der Waals surface area contributed by atoms with Gasteiger partial charge in [-0.25, -0.2) is 4.98 Å². The summed E-state index contributed by atoms with van der Waals surface area (Å²) in [6.07, 6.45) is 2.15. The van der Waals surface area contributed by atoms with Gasteiger partial charge in [-0.3, -0.25) is 4.40 Å². The molecule has 0 fully saturated rings. The van der Waals surface area contributed by atoms with Crippen molar-refractivity contribution in [1.82, 2.24) is 9.38 Å². The lowest BCUT2D eigenvalue weighted by molar-refractivity contribution is 1.19. The summed E-state index contributed by atoms with van der Waals surface area (Å²) in [5.74, 6) is 0. The highest BCUT2D eigenvalue weighted by molar-refractivity contribution is 6.21.